The average Bonchev–Trinajstić information content (AvgIpc) is 2.44. The van der Waals surface area contributed by atoms with Crippen LogP contribution in [0.5, 0.6) is 0 Å². The van der Waals surface area contributed by atoms with E-state index in [9.17, 15) is 9.36 Å². The van der Waals surface area contributed by atoms with Gasteiger partial charge in [-0.3, -0.25) is 9.36 Å². The highest BCUT2D eigenvalue weighted by Crippen LogP contribution is 2.50. The quantitative estimate of drug-likeness (QED) is 0.680. The van der Waals surface area contributed by atoms with Gasteiger partial charge in [0.05, 0.1) is 13.2 Å². The fourth-order valence-electron chi connectivity index (χ4n) is 1.59. The molecule has 0 aliphatic heterocycles. The molecule has 116 valence electrons. The molecular formula is C14H20NO5P. The van der Waals surface area contributed by atoms with Crippen molar-refractivity contribution in [2.45, 2.75) is 13.8 Å². The first-order valence-electron chi connectivity index (χ1n) is 6.63. The van der Waals surface area contributed by atoms with Crippen molar-refractivity contribution in [3.63, 3.8) is 0 Å². The fourth-order valence-corrected chi connectivity index (χ4v) is 2.91. The van der Waals surface area contributed by atoms with Crippen molar-refractivity contribution in [1.82, 2.24) is 0 Å². The molecule has 0 aliphatic rings. The molecule has 0 spiro atoms. The third-order valence-corrected chi connectivity index (χ3v) is 4.15. The van der Waals surface area contributed by atoms with Gasteiger partial charge in [-0.25, -0.2) is 0 Å². The van der Waals surface area contributed by atoms with Crippen LogP contribution in [0.25, 0.3) is 6.08 Å². The normalized spacial score (nSPS) is 11.7. The molecule has 0 aliphatic carbocycles. The van der Waals surface area contributed by atoms with Crippen LogP contribution in [0.1, 0.15) is 19.4 Å². The Kier molecular flexibility index (Phi) is 7.15. The molecule has 0 unspecified atom stereocenters. The number of rotatable bonds is 9. The van der Waals surface area contributed by atoms with Gasteiger partial charge in [0.1, 0.15) is 6.54 Å². The Labute approximate surface area is 124 Å². The summed E-state index contributed by atoms with van der Waals surface area (Å²) in [6.45, 7) is 3.92. The maximum atomic E-state index is 12.3. The number of aliphatic carboxylic acids is 1. The Hall–Kier alpha value is -1.62. The summed E-state index contributed by atoms with van der Waals surface area (Å²) in [6, 6.07) is 7.09. The van der Waals surface area contributed by atoms with Crippen molar-refractivity contribution < 1.29 is 23.5 Å². The van der Waals surface area contributed by atoms with Gasteiger partial charge in [0.25, 0.3) is 0 Å². The average molecular weight is 313 g/mol. The lowest BCUT2D eigenvalue weighted by molar-refractivity contribution is -0.134. The minimum absolute atomic E-state index is 0.163. The van der Waals surface area contributed by atoms with Crippen molar-refractivity contribution >= 4 is 25.3 Å². The van der Waals surface area contributed by atoms with Crippen LogP contribution in [-0.4, -0.2) is 30.8 Å². The Morgan fingerprint density at radius 2 is 2.00 bits per heavy atom. The van der Waals surface area contributed by atoms with Crippen molar-refractivity contribution in [1.29, 1.82) is 0 Å². The molecule has 0 atom stereocenters. The molecule has 0 bridgehead atoms. The number of nitrogens with one attached hydrogen (secondary N) is 1. The zero-order chi connectivity index (χ0) is 15.7. The predicted octanol–water partition coefficient (Wildman–Crippen LogP) is 3.42. The number of hydrogen-bond donors (Lipinski definition) is 2. The van der Waals surface area contributed by atoms with Crippen LogP contribution in [0, 0.1) is 0 Å². The second kappa shape index (κ2) is 8.62. The number of benzene rings is 1. The second-order valence-electron chi connectivity index (χ2n) is 4.06. The Morgan fingerprint density at radius 3 is 2.57 bits per heavy atom. The van der Waals surface area contributed by atoms with Crippen LogP contribution in [0.3, 0.4) is 0 Å². The summed E-state index contributed by atoms with van der Waals surface area (Å²) in [5.41, 5.74) is 1.44. The van der Waals surface area contributed by atoms with E-state index in [-0.39, 0.29) is 6.54 Å². The predicted molar refractivity (Wildman–Crippen MR) is 82.5 cm³/mol. The Morgan fingerprint density at radius 1 is 1.33 bits per heavy atom. The first-order chi connectivity index (χ1) is 9.99. The first kappa shape index (κ1) is 17.4. The molecule has 21 heavy (non-hydrogen) atoms. The summed E-state index contributed by atoms with van der Waals surface area (Å²) in [4.78, 5) is 10.5. The maximum Gasteiger partial charge on any atom is 0.354 e. The molecule has 0 radical (unpaired) electrons. The van der Waals surface area contributed by atoms with Crippen LogP contribution in [-0.2, 0) is 18.4 Å². The number of hydrogen-bond acceptors (Lipinski definition) is 5. The van der Waals surface area contributed by atoms with E-state index < -0.39 is 13.6 Å². The zero-order valence-corrected chi connectivity index (χ0v) is 13.0. The number of carboxylic acids is 1. The minimum atomic E-state index is -3.23. The number of anilines is 1. The molecule has 0 aromatic heterocycles. The van der Waals surface area contributed by atoms with E-state index in [1.807, 2.05) is 6.07 Å². The van der Waals surface area contributed by atoms with Gasteiger partial charge in [-0.05, 0) is 37.6 Å². The van der Waals surface area contributed by atoms with E-state index in [0.29, 0.717) is 18.9 Å². The van der Waals surface area contributed by atoms with Gasteiger partial charge >= 0.3 is 13.6 Å². The van der Waals surface area contributed by atoms with Crippen LogP contribution in [0.15, 0.2) is 30.1 Å². The first-order valence-corrected chi connectivity index (χ1v) is 8.24. The summed E-state index contributed by atoms with van der Waals surface area (Å²) in [5, 5.41) is 11.4. The van der Waals surface area contributed by atoms with Crippen LogP contribution >= 0.6 is 7.60 Å². The maximum absolute atomic E-state index is 12.3. The zero-order valence-electron chi connectivity index (χ0n) is 12.1. The summed E-state index contributed by atoms with van der Waals surface area (Å²) in [7, 11) is -3.23. The monoisotopic (exact) mass is 313 g/mol. The van der Waals surface area contributed by atoms with E-state index >= 15 is 0 Å². The molecule has 2 N–H and O–H groups in total. The highest BCUT2D eigenvalue weighted by molar-refractivity contribution is 7.57. The Bertz CT molecular complexity index is 534. The van der Waals surface area contributed by atoms with Crippen LogP contribution in [0.2, 0.25) is 0 Å². The molecule has 6 nitrogen and oxygen atoms in total. The van der Waals surface area contributed by atoms with Gasteiger partial charge in [0.15, 0.2) is 0 Å². The van der Waals surface area contributed by atoms with Crippen molar-refractivity contribution in [3.05, 3.63) is 35.6 Å². The fraction of sp³-hybridized carbons (Fsp3) is 0.357. The third-order valence-electron chi connectivity index (χ3n) is 2.40. The summed E-state index contributed by atoms with van der Waals surface area (Å²) in [6.07, 6.45) is 1.64. The second-order valence-corrected chi connectivity index (χ2v) is 5.96. The van der Waals surface area contributed by atoms with Gasteiger partial charge in [-0.2, -0.15) is 0 Å². The molecule has 0 amide bonds. The van der Waals surface area contributed by atoms with Crippen LogP contribution < -0.4 is 5.32 Å². The number of carboxylic acid groups (broad SMARTS) is 1. The smallest absolute Gasteiger partial charge is 0.354 e. The molecule has 0 fully saturated rings. The van der Waals surface area contributed by atoms with Crippen molar-refractivity contribution in [2.24, 2.45) is 0 Å². The molecule has 0 saturated heterocycles. The molecular weight excluding hydrogens is 293 g/mol. The molecule has 1 rings (SSSR count). The van der Waals surface area contributed by atoms with E-state index in [4.69, 9.17) is 14.2 Å². The molecule has 1 aromatic carbocycles. The third kappa shape index (κ3) is 6.58. The van der Waals surface area contributed by atoms with Crippen molar-refractivity contribution in [2.75, 3.05) is 25.1 Å². The van der Waals surface area contributed by atoms with E-state index in [2.05, 4.69) is 5.32 Å². The van der Waals surface area contributed by atoms with E-state index in [0.717, 1.165) is 5.56 Å². The van der Waals surface area contributed by atoms with Gasteiger partial charge < -0.3 is 19.5 Å². The van der Waals surface area contributed by atoms with E-state index in [1.165, 1.54) is 5.82 Å². The molecule has 0 saturated carbocycles. The highest BCUT2D eigenvalue weighted by Gasteiger charge is 2.18. The lowest BCUT2D eigenvalue weighted by atomic mass is 10.2. The highest BCUT2D eigenvalue weighted by atomic mass is 31.2. The lowest BCUT2D eigenvalue weighted by Gasteiger charge is -2.12. The van der Waals surface area contributed by atoms with Gasteiger partial charge in [0.2, 0.25) is 0 Å². The van der Waals surface area contributed by atoms with Gasteiger partial charge in [0, 0.05) is 11.5 Å². The minimum Gasteiger partial charge on any atom is -0.480 e. The number of carbonyl (C=O) groups is 1. The summed E-state index contributed by atoms with van der Waals surface area (Å²) >= 11 is 0. The van der Waals surface area contributed by atoms with Crippen molar-refractivity contribution in [3.8, 4) is 0 Å². The van der Waals surface area contributed by atoms with Crippen LogP contribution in [0.4, 0.5) is 5.69 Å². The van der Waals surface area contributed by atoms with Gasteiger partial charge in [-0.15, -0.1) is 0 Å². The Balaban J connectivity index is 2.81. The molecule has 7 heteroatoms. The topological polar surface area (TPSA) is 84.9 Å². The largest absolute Gasteiger partial charge is 0.480 e. The molecule has 1 aromatic rings. The summed E-state index contributed by atoms with van der Waals surface area (Å²) < 4.78 is 22.6. The molecule has 0 heterocycles. The van der Waals surface area contributed by atoms with E-state index in [1.54, 1.807) is 38.1 Å². The standard InChI is InChI=1S/C14H20NO5P/c1-3-19-21(18,20-4-2)9-8-12-6-5-7-13(10-12)15-11-14(16)17/h5-10,15H,3-4,11H2,1-2H3,(H,16,17). The SMILES string of the molecule is CCOP(=O)(C=Cc1cccc(NCC(=O)O)c1)OCC. The van der Waals surface area contributed by atoms with Gasteiger partial charge in [-0.1, -0.05) is 12.1 Å². The summed E-state index contributed by atoms with van der Waals surface area (Å²) in [5.74, 6) is 0.476. The lowest BCUT2D eigenvalue weighted by Crippen LogP contribution is -2.12.